The molecule has 0 saturated carbocycles. The number of aromatic hydroxyl groups is 1. The molecule has 120 valence electrons. The van der Waals surface area contributed by atoms with Crippen molar-refractivity contribution in [3.63, 3.8) is 0 Å². The molecule has 2 aromatic rings. The number of rotatable bonds is 6. The average Bonchev–Trinajstić information content (AvgIpc) is 2.56. The molecular weight excluding hydrogens is 297 g/mol. The minimum atomic E-state index is -0.495. The van der Waals surface area contributed by atoms with E-state index in [2.05, 4.69) is 5.32 Å². The van der Waals surface area contributed by atoms with Crippen LogP contribution in [0.5, 0.6) is 5.75 Å². The largest absolute Gasteiger partial charge is 0.508 e. The lowest BCUT2D eigenvalue weighted by Crippen LogP contribution is -2.24. The van der Waals surface area contributed by atoms with E-state index in [-0.39, 0.29) is 12.4 Å². The summed E-state index contributed by atoms with van der Waals surface area (Å²) in [5.41, 5.74) is 1.22. The lowest BCUT2D eigenvalue weighted by molar-refractivity contribution is 0.140. The molecule has 0 aliphatic rings. The van der Waals surface area contributed by atoms with Crippen LogP contribution in [0.2, 0.25) is 0 Å². The summed E-state index contributed by atoms with van der Waals surface area (Å²) in [6, 6.07) is 13.2. The van der Waals surface area contributed by atoms with Crippen molar-refractivity contribution in [3.8, 4) is 5.75 Å². The van der Waals surface area contributed by atoms with Crippen LogP contribution in [0, 0.1) is 5.82 Å². The first-order valence-corrected chi connectivity index (χ1v) is 7.25. The summed E-state index contributed by atoms with van der Waals surface area (Å²) in [6.07, 6.45) is 3.31. The van der Waals surface area contributed by atoms with Gasteiger partial charge in [0.1, 0.15) is 18.2 Å². The van der Waals surface area contributed by atoms with Crippen molar-refractivity contribution in [2.45, 2.75) is 13.0 Å². The van der Waals surface area contributed by atoms with Gasteiger partial charge in [-0.3, -0.25) is 0 Å². The van der Waals surface area contributed by atoms with E-state index in [4.69, 9.17) is 4.74 Å². The number of carbonyl (C=O) groups excluding carboxylic acids is 1. The molecule has 2 rings (SSSR count). The Bertz CT molecular complexity index is 671. The smallest absolute Gasteiger partial charge is 0.407 e. The highest BCUT2D eigenvalue weighted by Crippen LogP contribution is 2.16. The molecule has 0 spiro atoms. The van der Waals surface area contributed by atoms with Crippen LogP contribution >= 0.6 is 0 Å². The fourth-order valence-corrected chi connectivity index (χ4v) is 1.90. The normalized spacial score (nSPS) is 10.7. The molecule has 0 heterocycles. The molecule has 4 nitrogen and oxygen atoms in total. The Morgan fingerprint density at radius 1 is 1.22 bits per heavy atom. The predicted octanol–water partition coefficient (Wildman–Crippen LogP) is 3.86. The number of alkyl carbamates (subject to hydrolysis) is 1. The lowest BCUT2D eigenvalue weighted by Gasteiger charge is -2.05. The number of hydrogen-bond donors (Lipinski definition) is 2. The maximum absolute atomic E-state index is 13.4. The number of amides is 1. The van der Waals surface area contributed by atoms with E-state index in [1.54, 1.807) is 12.2 Å². The first kappa shape index (κ1) is 16.5. The van der Waals surface area contributed by atoms with Crippen LogP contribution < -0.4 is 5.32 Å². The summed E-state index contributed by atoms with van der Waals surface area (Å²) in [5, 5.41) is 11.9. The molecule has 0 fully saturated rings. The van der Waals surface area contributed by atoms with Gasteiger partial charge in [0.05, 0.1) is 0 Å². The first-order valence-electron chi connectivity index (χ1n) is 7.25. The van der Waals surface area contributed by atoms with Gasteiger partial charge in [-0.25, -0.2) is 9.18 Å². The van der Waals surface area contributed by atoms with Crippen molar-refractivity contribution < 1.29 is 19.0 Å². The van der Waals surface area contributed by atoms with Crippen molar-refractivity contribution >= 4 is 12.2 Å². The Labute approximate surface area is 134 Å². The van der Waals surface area contributed by atoms with Gasteiger partial charge in [-0.1, -0.05) is 42.5 Å². The zero-order valence-electron chi connectivity index (χ0n) is 12.5. The van der Waals surface area contributed by atoms with Crippen molar-refractivity contribution in [1.82, 2.24) is 5.32 Å². The van der Waals surface area contributed by atoms with Gasteiger partial charge in [0.2, 0.25) is 0 Å². The van der Waals surface area contributed by atoms with Crippen LogP contribution in [0.25, 0.3) is 6.08 Å². The molecule has 1 amide bonds. The van der Waals surface area contributed by atoms with Crippen LogP contribution in [0.1, 0.15) is 17.5 Å². The Morgan fingerprint density at radius 2 is 2.00 bits per heavy atom. The minimum absolute atomic E-state index is 0.00802. The van der Waals surface area contributed by atoms with Crippen molar-refractivity contribution in [3.05, 3.63) is 71.6 Å². The summed E-state index contributed by atoms with van der Waals surface area (Å²) < 4.78 is 18.5. The van der Waals surface area contributed by atoms with E-state index in [1.165, 1.54) is 18.2 Å². The second-order valence-corrected chi connectivity index (χ2v) is 4.89. The average molecular weight is 315 g/mol. The summed E-state index contributed by atoms with van der Waals surface area (Å²) in [4.78, 5) is 11.5. The number of ether oxygens (including phenoxy) is 1. The van der Waals surface area contributed by atoms with E-state index in [0.717, 1.165) is 5.56 Å². The fraction of sp³-hybridized carbons (Fsp3) is 0.167. The highest BCUT2D eigenvalue weighted by atomic mass is 19.1. The number of phenolic OH excluding ortho intramolecular Hbond substituents is 1. The molecule has 0 radical (unpaired) electrons. The standard InChI is InChI=1S/C18H18FNO3/c19-17-10-9-16(21)12-15(17)8-4-5-11-20-18(22)23-13-14-6-2-1-3-7-14/h1-4,6-10,12,21H,5,11,13H2,(H,20,22). The maximum atomic E-state index is 13.4. The SMILES string of the molecule is O=C(NCCC=Cc1cc(O)ccc1F)OCc1ccccc1. The monoisotopic (exact) mass is 315 g/mol. The maximum Gasteiger partial charge on any atom is 0.407 e. The molecule has 0 bridgehead atoms. The van der Waals surface area contributed by atoms with Crippen LogP contribution in [-0.4, -0.2) is 17.7 Å². The van der Waals surface area contributed by atoms with Crippen LogP contribution in [0.3, 0.4) is 0 Å². The summed E-state index contributed by atoms with van der Waals surface area (Å²) in [6.45, 7) is 0.599. The van der Waals surface area contributed by atoms with Crippen LogP contribution in [0.15, 0.2) is 54.6 Å². The molecule has 2 aromatic carbocycles. The molecule has 0 atom stereocenters. The molecule has 0 aliphatic heterocycles. The Morgan fingerprint density at radius 3 is 2.78 bits per heavy atom. The van der Waals surface area contributed by atoms with Gasteiger partial charge in [0.15, 0.2) is 0 Å². The van der Waals surface area contributed by atoms with E-state index in [1.807, 2.05) is 30.3 Å². The van der Waals surface area contributed by atoms with Crippen LogP contribution in [0.4, 0.5) is 9.18 Å². The highest BCUT2D eigenvalue weighted by Gasteiger charge is 2.01. The zero-order chi connectivity index (χ0) is 16.5. The first-order chi connectivity index (χ1) is 11.1. The molecular formula is C18H18FNO3. The summed E-state index contributed by atoms with van der Waals surface area (Å²) in [7, 11) is 0. The van der Waals surface area contributed by atoms with E-state index in [0.29, 0.717) is 18.5 Å². The molecule has 2 N–H and O–H groups in total. The summed E-state index contributed by atoms with van der Waals surface area (Å²) in [5.74, 6) is -0.400. The van der Waals surface area contributed by atoms with Gasteiger partial charge < -0.3 is 15.2 Å². The van der Waals surface area contributed by atoms with Crippen molar-refractivity contribution in [2.75, 3.05) is 6.54 Å². The molecule has 0 aromatic heterocycles. The second kappa shape index (κ2) is 8.58. The lowest BCUT2D eigenvalue weighted by atomic mass is 10.2. The number of carbonyl (C=O) groups is 1. The zero-order valence-corrected chi connectivity index (χ0v) is 12.5. The van der Waals surface area contributed by atoms with Crippen molar-refractivity contribution in [1.29, 1.82) is 0 Å². The number of benzene rings is 2. The predicted molar refractivity (Wildman–Crippen MR) is 86.3 cm³/mol. The van der Waals surface area contributed by atoms with Gasteiger partial charge in [0.25, 0.3) is 0 Å². The van der Waals surface area contributed by atoms with Crippen molar-refractivity contribution in [2.24, 2.45) is 0 Å². The number of phenols is 1. The third kappa shape index (κ3) is 5.82. The number of nitrogens with one attached hydrogen (secondary N) is 1. The summed E-state index contributed by atoms with van der Waals surface area (Å²) >= 11 is 0. The molecule has 5 heteroatoms. The van der Waals surface area contributed by atoms with E-state index >= 15 is 0 Å². The van der Waals surface area contributed by atoms with Gasteiger partial charge in [0, 0.05) is 12.1 Å². The highest BCUT2D eigenvalue weighted by molar-refractivity contribution is 5.67. The fourth-order valence-electron chi connectivity index (χ4n) is 1.90. The Kier molecular flexibility index (Phi) is 6.17. The van der Waals surface area contributed by atoms with Gasteiger partial charge >= 0.3 is 6.09 Å². The van der Waals surface area contributed by atoms with Gasteiger partial charge in [-0.05, 0) is 30.2 Å². The van der Waals surface area contributed by atoms with E-state index < -0.39 is 11.9 Å². The Balaban J connectivity index is 1.67. The quantitative estimate of drug-likeness (QED) is 0.796. The minimum Gasteiger partial charge on any atom is -0.508 e. The van der Waals surface area contributed by atoms with Gasteiger partial charge in [-0.15, -0.1) is 0 Å². The second-order valence-electron chi connectivity index (χ2n) is 4.89. The third-order valence-electron chi connectivity index (χ3n) is 3.07. The number of halogens is 1. The third-order valence-corrected chi connectivity index (χ3v) is 3.07. The van der Waals surface area contributed by atoms with E-state index in [9.17, 15) is 14.3 Å². The molecule has 0 aliphatic carbocycles. The van der Waals surface area contributed by atoms with Gasteiger partial charge in [-0.2, -0.15) is 0 Å². The molecule has 23 heavy (non-hydrogen) atoms. The van der Waals surface area contributed by atoms with Crippen LogP contribution in [-0.2, 0) is 11.3 Å². The Hall–Kier alpha value is -2.82. The molecule has 0 unspecified atom stereocenters. The molecule has 0 saturated heterocycles. The topological polar surface area (TPSA) is 58.6 Å². The number of hydrogen-bond acceptors (Lipinski definition) is 3.